The average Bonchev–Trinajstić information content (AvgIpc) is 3.39. The zero-order valence-electron chi connectivity index (χ0n) is 16.1. The Morgan fingerprint density at radius 1 is 1.15 bits per heavy atom. The number of hydrogen-bond donors (Lipinski definition) is 1. The summed E-state index contributed by atoms with van der Waals surface area (Å²) >= 11 is 0. The molecule has 0 spiro atoms. The van der Waals surface area contributed by atoms with Crippen LogP contribution in [-0.4, -0.2) is 75.5 Å². The van der Waals surface area contributed by atoms with Crippen LogP contribution in [0.2, 0.25) is 0 Å². The van der Waals surface area contributed by atoms with Crippen LogP contribution < -0.4 is 9.80 Å². The molecule has 1 N–H and O–H groups in total. The first-order chi connectivity index (χ1) is 12.9. The van der Waals surface area contributed by atoms with Crippen molar-refractivity contribution in [1.29, 1.82) is 0 Å². The maximum Gasteiger partial charge on any atom is 0.278 e. The number of nitrogens with one attached hydrogen (secondary N) is 1. The summed E-state index contributed by atoms with van der Waals surface area (Å²) in [4.78, 5) is 18.7. The van der Waals surface area contributed by atoms with Gasteiger partial charge in [0.05, 0.1) is 37.7 Å². The van der Waals surface area contributed by atoms with Crippen molar-refractivity contribution in [2.75, 3.05) is 49.1 Å². The predicted octanol–water partition coefficient (Wildman–Crippen LogP) is -0.122. The second-order valence-corrected chi connectivity index (χ2v) is 10.5. The molecule has 1 atom stereocenters. The number of amides is 1. The number of rotatable bonds is 5. The number of piperazine rings is 1. The highest BCUT2D eigenvalue weighted by molar-refractivity contribution is 7.91. The van der Waals surface area contributed by atoms with Crippen LogP contribution in [0.4, 0.5) is 5.69 Å². The van der Waals surface area contributed by atoms with Crippen molar-refractivity contribution < 1.29 is 18.1 Å². The lowest BCUT2D eigenvalue weighted by Gasteiger charge is -2.36. The van der Waals surface area contributed by atoms with Crippen molar-refractivity contribution in [3.8, 4) is 0 Å². The Hall–Kier alpha value is -1.60. The smallest absolute Gasteiger partial charge is 0.278 e. The van der Waals surface area contributed by atoms with E-state index >= 15 is 0 Å². The van der Waals surface area contributed by atoms with E-state index in [-0.39, 0.29) is 29.5 Å². The number of carbonyl (C=O) groups is 1. The van der Waals surface area contributed by atoms with Crippen molar-refractivity contribution >= 4 is 21.4 Å². The van der Waals surface area contributed by atoms with Gasteiger partial charge < -0.3 is 14.7 Å². The van der Waals surface area contributed by atoms with E-state index in [9.17, 15) is 13.2 Å². The van der Waals surface area contributed by atoms with Crippen LogP contribution >= 0.6 is 0 Å². The molecule has 148 valence electrons. The number of sulfone groups is 1. The summed E-state index contributed by atoms with van der Waals surface area (Å²) in [5.74, 6) is 0.542. The highest BCUT2D eigenvalue weighted by atomic mass is 32.2. The van der Waals surface area contributed by atoms with Crippen LogP contribution in [0.1, 0.15) is 24.8 Å². The number of nitrogens with zero attached hydrogens (tertiary/aromatic N) is 2. The lowest BCUT2D eigenvalue weighted by Crippen LogP contribution is -3.16. The summed E-state index contributed by atoms with van der Waals surface area (Å²) < 4.78 is 23.7. The minimum atomic E-state index is -2.96. The molecular formula is C20H30N3O3S+. The molecule has 3 fully saturated rings. The van der Waals surface area contributed by atoms with Crippen LogP contribution in [0.15, 0.2) is 24.3 Å². The Morgan fingerprint density at radius 2 is 1.85 bits per heavy atom. The topological polar surface area (TPSA) is 62.1 Å². The van der Waals surface area contributed by atoms with Gasteiger partial charge in [-0.1, -0.05) is 18.2 Å². The van der Waals surface area contributed by atoms with Gasteiger partial charge >= 0.3 is 0 Å². The molecule has 2 aliphatic heterocycles. The van der Waals surface area contributed by atoms with Crippen LogP contribution in [0.5, 0.6) is 0 Å². The summed E-state index contributed by atoms with van der Waals surface area (Å²) in [5.41, 5.74) is 2.58. The number of para-hydroxylation sites is 1. The Kier molecular flexibility index (Phi) is 5.16. The summed E-state index contributed by atoms with van der Waals surface area (Å²) in [6, 6.07) is 8.64. The molecular weight excluding hydrogens is 362 g/mol. The summed E-state index contributed by atoms with van der Waals surface area (Å²) in [5, 5.41) is 0. The quantitative estimate of drug-likeness (QED) is 0.759. The number of hydrogen-bond acceptors (Lipinski definition) is 4. The number of benzene rings is 1. The first kappa shape index (κ1) is 18.7. The molecule has 3 aliphatic rings. The van der Waals surface area contributed by atoms with Crippen molar-refractivity contribution in [3.05, 3.63) is 29.8 Å². The fourth-order valence-corrected chi connectivity index (χ4v) is 6.23. The SMILES string of the molecule is Cc1ccccc1N1CC[NH+](CC(=O)N(C2CC2)[C@@H]2CCS(=O)(=O)C2)CC1. The minimum absolute atomic E-state index is 0.0948. The van der Waals surface area contributed by atoms with Crippen molar-refractivity contribution in [2.45, 2.75) is 38.3 Å². The summed E-state index contributed by atoms with van der Waals surface area (Å²) in [6.45, 7) is 6.43. The molecule has 1 aromatic rings. The molecule has 0 unspecified atom stereocenters. The van der Waals surface area contributed by atoms with Gasteiger partial charge in [0.15, 0.2) is 16.4 Å². The third-order valence-corrected chi connectivity index (χ3v) is 7.91. The van der Waals surface area contributed by atoms with E-state index in [0.717, 1.165) is 39.0 Å². The monoisotopic (exact) mass is 392 g/mol. The first-order valence-corrected chi connectivity index (χ1v) is 11.9. The average molecular weight is 393 g/mol. The third kappa shape index (κ3) is 4.29. The number of anilines is 1. The molecule has 2 heterocycles. The van der Waals surface area contributed by atoms with E-state index < -0.39 is 9.84 Å². The Labute approximate surface area is 162 Å². The van der Waals surface area contributed by atoms with E-state index in [4.69, 9.17) is 0 Å². The van der Waals surface area contributed by atoms with Gasteiger partial charge in [0.25, 0.3) is 5.91 Å². The molecule has 4 rings (SSSR count). The molecule has 0 aromatic heterocycles. The fraction of sp³-hybridized carbons (Fsp3) is 0.650. The highest BCUT2D eigenvalue weighted by Crippen LogP contribution is 2.32. The maximum absolute atomic E-state index is 13.0. The van der Waals surface area contributed by atoms with Crippen LogP contribution in [0.25, 0.3) is 0 Å². The largest absolute Gasteiger partial charge is 0.360 e. The van der Waals surface area contributed by atoms with Gasteiger partial charge in [0.1, 0.15) is 0 Å². The van der Waals surface area contributed by atoms with Crippen molar-refractivity contribution in [1.82, 2.24) is 4.90 Å². The molecule has 2 saturated heterocycles. The maximum atomic E-state index is 13.0. The number of carbonyl (C=O) groups excluding carboxylic acids is 1. The van der Waals surface area contributed by atoms with E-state index in [1.165, 1.54) is 16.2 Å². The van der Waals surface area contributed by atoms with Crippen LogP contribution in [0, 0.1) is 6.92 Å². The molecule has 1 amide bonds. The fourth-order valence-electron chi connectivity index (χ4n) is 4.52. The molecule has 1 aromatic carbocycles. The summed E-state index contributed by atoms with van der Waals surface area (Å²) in [7, 11) is -2.96. The van der Waals surface area contributed by atoms with Gasteiger partial charge in [-0.3, -0.25) is 4.79 Å². The Balaban J connectivity index is 1.34. The molecule has 1 saturated carbocycles. The lowest BCUT2D eigenvalue weighted by molar-refractivity contribution is -0.892. The Bertz CT molecular complexity index is 798. The third-order valence-electron chi connectivity index (χ3n) is 6.16. The molecule has 0 bridgehead atoms. The van der Waals surface area contributed by atoms with Crippen molar-refractivity contribution in [3.63, 3.8) is 0 Å². The minimum Gasteiger partial charge on any atom is -0.360 e. The zero-order chi connectivity index (χ0) is 19.0. The zero-order valence-corrected chi connectivity index (χ0v) is 16.9. The lowest BCUT2D eigenvalue weighted by atomic mass is 10.1. The van der Waals surface area contributed by atoms with Crippen LogP contribution in [-0.2, 0) is 14.6 Å². The molecule has 7 heteroatoms. The molecule has 27 heavy (non-hydrogen) atoms. The van der Waals surface area contributed by atoms with Crippen molar-refractivity contribution in [2.24, 2.45) is 0 Å². The second-order valence-electron chi connectivity index (χ2n) is 8.29. The highest BCUT2D eigenvalue weighted by Gasteiger charge is 2.43. The van der Waals surface area contributed by atoms with Gasteiger partial charge in [-0.2, -0.15) is 0 Å². The second kappa shape index (κ2) is 7.43. The number of quaternary nitrogens is 1. The number of aryl methyl sites for hydroxylation is 1. The van der Waals surface area contributed by atoms with Gasteiger partial charge in [0, 0.05) is 17.8 Å². The van der Waals surface area contributed by atoms with E-state index in [0.29, 0.717) is 13.0 Å². The predicted molar refractivity (Wildman–Crippen MR) is 106 cm³/mol. The van der Waals surface area contributed by atoms with Gasteiger partial charge in [-0.15, -0.1) is 0 Å². The van der Waals surface area contributed by atoms with Gasteiger partial charge in [-0.05, 0) is 37.8 Å². The normalized spacial score (nSPS) is 25.5. The molecule has 6 nitrogen and oxygen atoms in total. The van der Waals surface area contributed by atoms with E-state index in [2.05, 4.69) is 36.1 Å². The van der Waals surface area contributed by atoms with E-state index in [1.54, 1.807) is 0 Å². The molecule has 0 radical (unpaired) electrons. The van der Waals surface area contributed by atoms with Crippen LogP contribution in [0.3, 0.4) is 0 Å². The van der Waals surface area contributed by atoms with E-state index in [1.807, 2.05) is 4.90 Å². The van der Waals surface area contributed by atoms with Gasteiger partial charge in [0.2, 0.25) is 0 Å². The van der Waals surface area contributed by atoms with Gasteiger partial charge in [-0.25, -0.2) is 8.42 Å². The molecule has 1 aliphatic carbocycles. The first-order valence-electron chi connectivity index (χ1n) is 10.1. The summed E-state index contributed by atoms with van der Waals surface area (Å²) in [6.07, 6.45) is 2.67. The standard InChI is InChI=1S/C20H29N3O3S/c1-16-4-2-3-5-19(16)22-11-9-21(10-12-22)14-20(24)23(17-6-7-17)18-8-13-27(25,26)15-18/h2-5,17-18H,6-15H2,1H3/p+1/t18-/m1/s1. The Morgan fingerprint density at radius 3 is 2.44 bits per heavy atom.